The average molecular weight is 367 g/mol. The molecule has 4 heteroatoms. The van der Waals surface area contributed by atoms with E-state index in [1.165, 1.54) is 11.1 Å². The molecule has 1 heterocycles. The van der Waals surface area contributed by atoms with E-state index >= 15 is 0 Å². The fourth-order valence-corrected chi connectivity index (χ4v) is 3.43. The van der Waals surface area contributed by atoms with Crippen LogP contribution >= 0.6 is 0 Å². The molecule has 27 heavy (non-hydrogen) atoms. The van der Waals surface area contributed by atoms with Gasteiger partial charge in [-0.2, -0.15) is 0 Å². The largest absolute Gasteiger partial charge is 0.460 e. The van der Waals surface area contributed by atoms with Gasteiger partial charge in [-0.15, -0.1) is 0 Å². The van der Waals surface area contributed by atoms with Crippen molar-refractivity contribution in [3.8, 4) is 0 Å². The molecule has 1 aliphatic rings. The van der Waals surface area contributed by atoms with Gasteiger partial charge in [-0.25, -0.2) is 0 Å². The molecule has 0 radical (unpaired) electrons. The van der Waals surface area contributed by atoms with Gasteiger partial charge in [0.05, 0.1) is 19.1 Å². The van der Waals surface area contributed by atoms with Crippen molar-refractivity contribution in [1.29, 1.82) is 0 Å². The number of ether oxygens (including phenoxy) is 2. The average Bonchev–Trinajstić information content (AvgIpc) is 3.11. The van der Waals surface area contributed by atoms with E-state index in [0.717, 1.165) is 13.1 Å². The van der Waals surface area contributed by atoms with Crippen molar-refractivity contribution in [3.63, 3.8) is 0 Å². The number of carbonyl (C=O) groups excluding carboxylic acids is 1. The van der Waals surface area contributed by atoms with E-state index in [9.17, 15) is 4.79 Å². The lowest BCUT2D eigenvalue weighted by Crippen LogP contribution is -2.44. The minimum atomic E-state index is -0.492. The Balaban J connectivity index is 1.80. The molecule has 0 amide bonds. The van der Waals surface area contributed by atoms with Gasteiger partial charge in [0.1, 0.15) is 5.60 Å². The lowest BCUT2D eigenvalue weighted by atomic mass is 10.00. The van der Waals surface area contributed by atoms with Crippen LogP contribution in [0.25, 0.3) is 0 Å². The smallest absolute Gasteiger partial charge is 0.313 e. The second-order valence-corrected chi connectivity index (χ2v) is 8.12. The monoisotopic (exact) mass is 367 g/mol. The van der Waals surface area contributed by atoms with Crippen LogP contribution in [0.1, 0.15) is 31.9 Å². The zero-order chi connectivity index (χ0) is 19.3. The highest BCUT2D eigenvalue weighted by atomic mass is 16.6. The van der Waals surface area contributed by atoms with Gasteiger partial charge in [0.2, 0.25) is 0 Å². The lowest BCUT2D eigenvalue weighted by Gasteiger charge is -2.32. The zero-order valence-corrected chi connectivity index (χ0v) is 16.4. The van der Waals surface area contributed by atoms with Gasteiger partial charge in [0, 0.05) is 19.1 Å². The number of nitrogens with zero attached hydrogens (tertiary/aromatic N) is 1. The molecular formula is C23H29NO3. The summed E-state index contributed by atoms with van der Waals surface area (Å²) in [4.78, 5) is 15.1. The Kier molecular flexibility index (Phi) is 6.30. The normalized spacial score (nSPS) is 20.0. The highest BCUT2D eigenvalue weighted by Crippen LogP contribution is 2.26. The second-order valence-electron chi connectivity index (χ2n) is 8.12. The first-order valence-electron chi connectivity index (χ1n) is 9.55. The van der Waals surface area contributed by atoms with Crippen LogP contribution in [-0.2, 0) is 27.4 Å². The van der Waals surface area contributed by atoms with E-state index < -0.39 is 5.60 Å². The maximum absolute atomic E-state index is 12.8. The van der Waals surface area contributed by atoms with Crippen LogP contribution < -0.4 is 0 Å². The first-order valence-corrected chi connectivity index (χ1v) is 9.55. The molecule has 3 rings (SSSR count). The Bertz CT molecular complexity index is 683. The number of carbonyl (C=O) groups is 1. The van der Waals surface area contributed by atoms with Crippen LogP contribution in [-0.4, -0.2) is 35.7 Å². The molecule has 2 aromatic carbocycles. The molecule has 144 valence electrons. The maximum atomic E-state index is 12.8. The Morgan fingerprint density at radius 1 is 0.963 bits per heavy atom. The van der Waals surface area contributed by atoms with Crippen molar-refractivity contribution >= 4 is 5.97 Å². The summed E-state index contributed by atoms with van der Waals surface area (Å²) in [5.41, 5.74) is 1.96. The van der Waals surface area contributed by atoms with E-state index in [0.29, 0.717) is 13.2 Å². The van der Waals surface area contributed by atoms with Crippen molar-refractivity contribution in [2.45, 2.75) is 45.5 Å². The van der Waals surface area contributed by atoms with Crippen LogP contribution in [0.2, 0.25) is 0 Å². The quantitative estimate of drug-likeness (QED) is 0.722. The van der Waals surface area contributed by atoms with E-state index in [1.54, 1.807) is 0 Å². The van der Waals surface area contributed by atoms with Crippen LogP contribution in [0.15, 0.2) is 60.7 Å². The second kappa shape index (κ2) is 8.68. The number of hydrogen-bond acceptors (Lipinski definition) is 4. The molecule has 2 atom stereocenters. The Labute approximate surface area is 162 Å². The first kappa shape index (κ1) is 19.6. The summed E-state index contributed by atoms with van der Waals surface area (Å²) in [7, 11) is 0. The maximum Gasteiger partial charge on any atom is 0.313 e. The zero-order valence-electron chi connectivity index (χ0n) is 16.4. The molecule has 2 aromatic rings. The predicted molar refractivity (Wildman–Crippen MR) is 106 cm³/mol. The van der Waals surface area contributed by atoms with E-state index in [-0.39, 0.29) is 17.9 Å². The highest BCUT2D eigenvalue weighted by Gasteiger charge is 2.40. The van der Waals surface area contributed by atoms with Gasteiger partial charge >= 0.3 is 5.97 Å². The van der Waals surface area contributed by atoms with Crippen LogP contribution in [0.3, 0.4) is 0 Å². The van der Waals surface area contributed by atoms with Crippen molar-refractivity contribution in [1.82, 2.24) is 4.90 Å². The summed E-state index contributed by atoms with van der Waals surface area (Å²) in [5, 5.41) is 0. The molecule has 1 saturated heterocycles. The van der Waals surface area contributed by atoms with Gasteiger partial charge in [-0.05, 0) is 31.9 Å². The SMILES string of the molecule is CC(C)(C)OC(=O)[C@H]1COC[C@@H]1N(Cc1ccccc1)Cc1ccccc1. The van der Waals surface area contributed by atoms with Gasteiger partial charge in [-0.1, -0.05) is 60.7 Å². The summed E-state index contributed by atoms with van der Waals surface area (Å²) in [6.45, 7) is 8.21. The third-order valence-electron chi connectivity index (χ3n) is 4.69. The van der Waals surface area contributed by atoms with Gasteiger partial charge < -0.3 is 9.47 Å². The summed E-state index contributed by atoms with van der Waals surface area (Å²) < 4.78 is 11.4. The minimum Gasteiger partial charge on any atom is -0.460 e. The molecule has 1 aliphatic heterocycles. The van der Waals surface area contributed by atoms with Crippen LogP contribution in [0.5, 0.6) is 0 Å². The van der Waals surface area contributed by atoms with Crippen LogP contribution in [0, 0.1) is 5.92 Å². The topological polar surface area (TPSA) is 38.8 Å². The Morgan fingerprint density at radius 3 is 1.96 bits per heavy atom. The summed E-state index contributed by atoms with van der Waals surface area (Å²) >= 11 is 0. The molecule has 0 aromatic heterocycles. The molecular weight excluding hydrogens is 338 g/mol. The van der Waals surface area contributed by atoms with Crippen molar-refractivity contribution in [3.05, 3.63) is 71.8 Å². The molecule has 0 bridgehead atoms. The first-order chi connectivity index (χ1) is 12.9. The van der Waals surface area contributed by atoms with Gasteiger partial charge in [-0.3, -0.25) is 9.69 Å². The number of hydrogen-bond donors (Lipinski definition) is 0. The lowest BCUT2D eigenvalue weighted by molar-refractivity contribution is -0.161. The van der Waals surface area contributed by atoms with E-state index in [4.69, 9.17) is 9.47 Å². The molecule has 0 aliphatic carbocycles. The Hall–Kier alpha value is -2.17. The summed E-state index contributed by atoms with van der Waals surface area (Å²) in [5.74, 6) is -0.437. The number of rotatable bonds is 6. The standard InChI is InChI=1S/C23H29NO3/c1-23(2,3)27-22(25)20-16-26-17-21(20)24(14-18-10-6-4-7-11-18)15-19-12-8-5-9-13-19/h4-13,20-21H,14-17H2,1-3H3/t20-,21-/m0/s1. The summed E-state index contributed by atoms with van der Waals surface area (Å²) in [6.07, 6.45) is 0. The third-order valence-corrected chi connectivity index (χ3v) is 4.69. The van der Waals surface area contributed by atoms with Crippen molar-refractivity contribution in [2.75, 3.05) is 13.2 Å². The number of benzene rings is 2. The van der Waals surface area contributed by atoms with Crippen molar-refractivity contribution < 1.29 is 14.3 Å². The fraction of sp³-hybridized carbons (Fsp3) is 0.435. The summed E-state index contributed by atoms with van der Waals surface area (Å²) in [6, 6.07) is 20.7. The molecule has 0 spiro atoms. The fourth-order valence-electron chi connectivity index (χ4n) is 3.43. The molecule has 1 fully saturated rings. The highest BCUT2D eigenvalue weighted by molar-refractivity contribution is 5.74. The van der Waals surface area contributed by atoms with E-state index in [1.807, 2.05) is 57.2 Å². The Morgan fingerprint density at radius 2 is 1.48 bits per heavy atom. The molecule has 0 N–H and O–H groups in total. The minimum absolute atomic E-state index is 0.000243. The van der Waals surface area contributed by atoms with Crippen molar-refractivity contribution in [2.24, 2.45) is 5.92 Å². The predicted octanol–water partition coefficient (Wildman–Crippen LogP) is 4.05. The molecule has 0 unspecified atom stereocenters. The van der Waals surface area contributed by atoms with Gasteiger partial charge in [0.25, 0.3) is 0 Å². The molecule has 0 saturated carbocycles. The van der Waals surface area contributed by atoms with Crippen LogP contribution in [0.4, 0.5) is 0 Å². The van der Waals surface area contributed by atoms with E-state index in [2.05, 4.69) is 29.2 Å². The van der Waals surface area contributed by atoms with Gasteiger partial charge in [0.15, 0.2) is 0 Å². The molecule has 4 nitrogen and oxygen atoms in total. The third kappa shape index (κ3) is 5.65. The number of esters is 1.